The Morgan fingerprint density at radius 2 is 1.00 bits per heavy atom. The van der Waals surface area contributed by atoms with Crippen molar-refractivity contribution in [2.24, 2.45) is 16.7 Å². The van der Waals surface area contributed by atoms with Gasteiger partial charge in [0.15, 0.2) is 0 Å². The smallest absolute Gasteiger partial charge is 0.312 e. The fourth-order valence-corrected chi connectivity index (χ4v) is 6.65. The monoisotopic (exact) mass is 748 g/mol. The van der Waals surface area contributed by atoms with Crippen LogP contribution in [0.4, 0.5) is 0 Å². The van der Waals surface area contributed by atoms with E-state index < -0.39 is 29.4 Å². The first-order chi connectivity index (χ1) is 25.7. The van der Waals surface area contributed by atoms with Gasteiger partial charge in [-0.15, -0.1) is 0 Å². The van der Waals surface area contributed by atoms with E-state index in [0.29, 0.717) is 57.7 Å². The van der Waals surface area contributed by atoms with E-state index >= 15 is 0 Å². The highest BCUT2D eigenvalue weighted by Gasteiger charge is 2.56. The minimum absolute atomic E-state index is 0.0531. The summed E-state index contributed by atoms with van der Waals surface area (Å²) in [4.78, 5) is 62.3. The third-order valence-corrected chi connectivity index (χ3v) is 10.1. The second-order valence-electron chi connectivity index (χ2n) is 15.0. The highest BCUT2D eigenvalue weighted by atomic mass is 16.6. The number of ether oxygens (including phenoxy) is 5. The van der Waals surface area contributed by atoms with Crippen molar-refractivity contribution in [1.29, 1.82) is 0 Å². The summed E-state index contributed by atoms with van der Waals surface area (Å²) in [5.41, 5.74) is -1.81. The van der Waals surface area contributed by atoms with Crippen LogP contribution < -0.4 is 0 Å². The maximum absolute atomic E-state index is 13.0. The minimum Gasteiger partial charge on any atom is -0.465 e. The van der Waals surface area contributed by atoms with Crippen LogP contribution in [0.15, 0.2) is 24.3 Å². The summed E-state index contributed by atoms with van der Waals surface area (Å²) in [6.45, 7) is 3.55. The molecule has 53 heavy (non-hydrogen) atoms. The Kier molecular flexibility index (Phi) is 23.7. The molecule has 3 aliphatic rings. The highest BCUT2D eigenvalue weighted by molar-refractivity contribution is 5.79. The quantitative estimate of drug-likeness (QED) is 0.0308. The zero-order valence-corrected chi connectivity index (χ0v) is 32.7. The first kappa shape index (κ1) is 45.9. The van der Waals surface area contributed by atoms with E-state index in [1.165, 1.54) is 25.7 Å². The number of esters is 5. The summed E-state index contributed by atoms with van der Waals surface area (Å²) in [6.07, 6.45) is 24.4. The van der Waals surface area contributed by atoms with E-state index in [-0.39, 0.29) is 63.4 Å². The molecule has 0 spiro atoms. The molecule has 0 aromatic carbocycles. The molecule has 0 atom stereocenters. The van der Waals surface area contributed by atoms with E-state index in [0.717, 1.165) is 51.4 Å². The predicted molar refractivity (Wildman–Crippen MR) is 201 cm³/mol. The third-order valence-electron chi connectivity index (χ3n) is 10.1. The lowest BCUT2D eigenvalue weighted by atomic mass is 9.70. The van der Waals surface area contributed by atoms with Gasteiger partial charge in [0.2, 0.25) is 0 Å². The number of aliphatic hydroxyl groups is 1. The van der Waals surface area contributed by atoms with Gasteiger partial charge in [-0.3, -0.25) is 24.0 Å². The zero-order chi connectivity index (χ0) is 38.6. The molecule has 302 valence electrons. The number of hydrogen-bond donors (Lipinski definition) is 1. The van der Waals surface area contributed by atoms with Crippen molar-refractivity contribution in [3.8, 4) is 0 Å². The third kappa shape index (κ3) is 19.6. The topological polar surface area (TPSA) is 152 Å². The summed E-state index contributed by atoms with van der Waals surface area (Å²) < 4.78 is 27.2. The fourth-order valence-electron chi connectivity index (χ4n) is 6.65. The Hall–Kier alpha value is -3.21. The largest absolute Gasteiger partial charge is 0.465 e. The van der Waals surface area contributed by atoms with Crippen molar-refractivity contribution in [2.75, 3.05) is 39.6 Å². The SMILES string of the molecule is CCCCC/C=C\CCOC(=O)CCCCC(=O)OCC(CO)(COC(=O)CCCCC(=O)OCC/C=C\CCCCC)COC(=O)C12CCC(C1)C2. The van der Waals surface area contributed by atoms with Crippen molar-refractivity contribution < 1.29 is 52.8 Å². The van der Waals surface area contributed by atoms with Crippen LogP contribution in [0.3, 0.4) is 0 Å². The van der Waals surface area contributed by atoms with Crippen molar-refractivity contribution in [3.63, 3.8) is 0 Å². The van der Waals surface area contributed by atoms with Gasteiger partial charge in [-0.05, 0) is 95.8 Å². The lowest BCUT2D eigenvalue weighted by Crippen LogP contribution is -2.45. The molecule has 0 saturated heterocycles. The molecule has 0 aromatic heterocycles. The van der Waals surface area contributed by atoms with Crippen LogP contribution >= 0.6 is 0 Å². The molecule has 1 N–H and O–H groups in total. The first-order valence-electron chi connectivity index (χ1n) is 20.4. The average Bonchev–Trinajstić information content (AvgIpc) is 3.77. The molecule has 0 unspecified atom stereocenters. The summed E-state index contributed by atoms with van der Waals surface area (Å²) in [5, 5.41) is 10.4. The van der Waals surface area contributed by atoms with Crippen LogP contribution in [-0.4, -0.2) is 74.6 Å². The van der Waals surface area contributed by atoms with Crippen LogP contribution in [0.1, 0.15) is 155 Å². The molecule has 0 aromatic rings. The molecule has 3 saturated carbocycles. The number of aliphatic hydroxyl groups excluding tert-OH is 1. The zero-order valence-electron chi connectivity index (χ0n) is 32.7. The van der Waals surface area contributed by atoms with Crippen molar-refractivity contribution in [1.82, 2.24) is 0 Å². The summed E-state index contributed by atoms with van der Waals surface area (Å²) in [7, 11) is 0. The van der Waals surface area contributed by atoms with E-state index in [9.17, 15) is 29.1 Å². The van der Waals surface area contributed by atoms with Crippen molar-refractivity contribution in [2.45, 2.75) is 155 Å². The molecule has 0 radical (unpaired) electrons. The Morgan fingerprint density at radius 1 is 0.585 bits per heavy atom. The van der Waals surface area contributed by atoms with Gasteiger partial charge in [0.25, 0.3) is 0 Å². The number of fused-ring (bicyclic) bond motifs is 1. The molecule has 2 bridgehead atoms. The van der Waals surface area contributed by atoms with Gasteiger partial charge in [-0.25, -0.2) is 0 Å². The molecule has 3 aliphatic carbocycles. The van der Waals surface area contributed by atoms with Gasteiger partial charge >= 0.3 is 29.8 Å². The lowest BCUT2D eigenvalue weighted by molar-refractivity contribution is -0.174. The molecular weight excluding hydrogens is 680 g/mol. The summed E-state index contributed by atoms with van der Waals surface area (Å²) in [5.74, 6) is -1.46. The molecule has 0 heterocycles. The average molecular weight is 749 g/mol. The Bertz CT molecular complexity index is 1070. The number of carbonyl (C=O) groups is 5. The van der Waals surface area contributed by atoms with E-state index in [1.807, 2.05) is 12.2 Å². The maximum Gasteiger partial charge on any atom is 0.312 e. The number of allylic oxidation sites excluding steroid dienone is 2. The Balaban J connectivity index is 1.72. The Labute approximate surface area is 317 Å². The standard InChI is InChI=1S/C42H68O11/c1-3-5-7-9-11-13-19-27-49-36(44)21-15-17-23-38(46)51-32-41(31-43,34-53-40(48)42-26-25-35(29-42)30-42)33-52-39(47)24-18-16-22-37(45)50-28-20-14-12-10-8-6-4-2/h11-14,35,43H,3-10,15-34H2,1-2H3/b13-11-,14-12-. The van der Waals surface area contributed by atoms with Crippen molar-refractivity contribution >= 4 is 29.8 Å². The normalized spacial score (nSPS) is 17.8. The predicted octanol–water partition coefficient (Wildman–Crippen LogP) is 8.05. The van der Waals surface area contributed by atoms with Gasteiger partial charge in [-0.2, -0.15) is 0 Å². The van der Waals surface area contributed by atoms with Crippen LogP contribution in [0.25, 0.3) is 0 Å². The van der Waals surface area contributed by atoms with Gasteiger partial charge in [0, 0.05) is 25.7 Å². The molecule has 0 amide bonds. The van der Waals surface area contributed by atoms with Gasteiger partial charge in [0.05, 0.1) is 30.7 Å². The highest BCUT2D eigenvalue weighted by Crippen LogP contribution is 2.59. The van der Waals surface area contributed by atoms with Crippen LogP contribution in [0.5, 0.6) is 0 Å². The van der Waals surface area contributed by atoms with E-state index in [4.69, 9.17) is 23.7 Å². The molecule has 11 nitrogen and oxygen atoms in total. The van der Waals surface area contributed by atoms with Gasteiger partial charge in [-0.1, -0.05) is 63.8 Å². The van der Waals surface area contributed by atoms with Crippen LogP contribution in [-0.2, 0) is 47.7 Å². The minimum atomic E-state index is -1.33. The molecule has 0 aliphatic heterocycles. The van der Waals surface area contributed by atoms with Gasteiger partial charge in [0.1, 0.15) is 19.8 Å². The van der Waals surface area contributed by atoms with Crippen LogP contribution in [0, 0.1) is 16.7 Å². The fraction of sp³-hybridized carbons (Fsp3) is 0.786. The first-order valence-corrected chi connectivity index (χ1v) is 20.4. The number of hydrogen-bond acceptors (Lipinski definition) is 11. The van der Waals surface area contributed by atoms with Crippen LogP contribution in [0.2, 0.25) is 0 Å². The molecule has 3 fully saturated rings. The second-order valence-corrected chi connectivity index (χ2v) is 15.0. The number of carbonyl (C=O) groups excluding carboxylic acids is 5. The number of unbranched alkanes of at least 4 members (excludes halogenated alkanes) is 8. The van der Waals surface area contributed by atoms with Gasteiger partial charge < -0.3 is 28.8 Å². The van der Waals surface area contributed by atoms with Crippen molar-refractivity contribution in [3.05, 3.63) is 24.3 Å². The molecular formula is C42H68O11. The summed E-state index contributed by atoms with van der Waals surface area (Å²) >= 11 is 0. The number of rotatable bonds is 32. The van der Waals surface area contributed by atoms with E-state index in [2.05, 4.69) is 26.0 Å². The summed E-state index contributed by atoms with van der Waals surface area (Å²) in [6, 6.07) is 0. The molecule has 3 rings (SSSR count). The second kappa shape index (κ2) is 27.4. The Morgan fingerprint density at radius 3 is 1.40 bits per heavy atom. The van der Waals surface area contributed by atoms with E-state index in [1.54, 1.807) is 0 Å². The molecule has 11 heteroatoms. The lowest BCUT2D eigenvalue weighted by Gasteiger charge is -2.37. The maximum atomic E-state index is 13.0.